The Morgan fingerprint density at radius 1 is 1.06 bits per heavy atom. The predicted molar refractivity (Wildman–Crippen MR) is 138 cm³/mol. The van der Waals surface area contributed by atoms with Crippen molar-refractivity contribution in [3.63, 3.8) is 0 Å². The van der Waals surface area contributed by atoms with Crippen LogP contribution >= 0.6 is 11.6 Å². The molecule has 0 heterocycles. The molecule has 0 spiro atoms. The molecule has 0 aliphatic heterocycles. The van der Waals surface area contributed by atoms with E-state index in [4.69, 9.17) is 16.3 Å². The number of carbonyl (C=O) groups is 1. The fourth-order valence-electron chi connectivity index (χ4n) is 5.25. The van der Waals surface area contributed by atoms with Crippen LogP contribution in [-0.2, 0) is 19.4 Å². The third-order valence-corrected chi connectivity index (χ3v) is 9.69. The quantitative estimate of drug-likeness (QED) is 0.262. The molecule has 8 heteroatoms. The second-order valence-corrected chi connectivity index (χ2v) is 13.4. The summed E-state index contributed by atoms with van der Waals surface area (Å²) in [4.78, 5) is 12.0. The summed E-state index contributed by atoms with van der Waals surface area (Å²) >= 11 is 5.96. The molecule has 36 heavy (non-hydrogen) atoms. The Hall–Kier alpha value is -1.83. The van der Waals surface area contributed by atoms with Crippen molar-refractivity contribution in [3.05, 3.63) is 64.7 Å². The van der Waals surface area contributed by atoms with Gasteiger partial charge in [-0.1, -0.05) is 24.9 Å². The van der Waals surface area contributed by atoms with Gasteiger partial charge in [0, 0.05) is 16.5 Å². The normalized spacial score (nSPS) is 23.0. The molecule has 0 amide bonds. The number of halogens is 3. The number of hydrogen-bond donors (Lipinski definition) is 0. The van der Waals surface area contributed by atoms with Crippen LogP contribution < -0.4 is 0 Å². The van der Waals surface area contributed by atoms with Crippen LogP contribution in [0.1, 0.15) is 64.2 Å². The van der Waals surface area contributed by atoms with Gasteiger partial charge in [0.15, 0.2) is 9.84 Å². The number of rotatable bonds is 8. The van der Waals surface area contributed by atoms with Crippen LogP contribution in [0.3, 0.4) is 0 Å². The van der Waals surface area contributed by atoms with Crippen LogP contribution in [0, 0.1) is 35.3 Å². The Kier molecular flexibility index (Phi) is 9.34. The van der Waals surface area contributed by atoms with Gasteiger partial charge < -0.3 is 9.53 Å². The van der Waals surface area contributed by atoms with Gasteiger partial charge in [-0.05, 0) is 100 Å². The lowest BCUT2D eigenvalue weighted by atomic mass is 9.80. The summed E-state index contributed by atoms with van der Waals surface area (Å²) in [6, 6.07) is 8.70. The zero-order valence-electron chi connectivity index (χ0n) is 21.2. The van der Waals surface area contributed by atoms with Crippen molar-refractivity contribution in [1.82, 2.24) is 0 Å². The predicted octanol–water partition coefficient (Wildman–Crippen LogP) is 7.21. The summed E-state index contributed by atoms with van der Waals surface area (Å²) in [5.41, 5.74) is -0.547. The molecule has 0 N–H and O–H groups in total. The third-order valence-electron chi connectivity index (χ3n) is 7.20. The van der Waals surface area contributed by atoms with Gasteiger partial charge in [-0.15, -0.1) is 0 Å². The second-order valence-electron chi connectivity index (χ2n) is 10.9. The summed E-state index contributed by atoms with van der Waals surface area (Å²) in [6.45, 7) is 8.15. The molecule has 0 saturated heterocycles. The van der Waals surface area contributed by atoms with Gasteiger partial charge in [-0.25, -0.2) is 17.2 Å². The number of sulfone groups is 1. The monoisotopic (exact) mass is 540 g/mol. The molecular formula is C28H35ClF2O4S. The molecule has 0 aromatic heterocycles. The summed E-state index contributed by atoms with van der Waals surface area (Å²) in [7, 11) is -4.08. The van der Waals surface area contributed by atoms with Crippen LogP contribution in [0.4, 0.5) is 8.78 Å². The zero-order valence-corrected chi connectivity index (χ0v) is 22.8. The lowest BCUT2D eigenvalue weighted by Crippen LogP contribution is -2.31. The molecule has 1 aliphatic carbocycles. The van der Waals surface area contributed by atoms with Gasteiger partial charge in [-0.2, -0.15) is 0 Å². The number of aldehydes is 1. The fourth-order valence-corrected chi connectivity index (χ4v) is 7.48. The van der Waals surface area contributed by atoms with Gasteiger partial charge in [0.1, 0.15) is 17.9 Å². The highest BCUT2D eigenvalue weighted by atomic mass is 35.5. The summed E-state index contributed by atoms with van der Waals surface area (Å²) in [5, 5.41) is -0.883. The number of benzene rings is 2. The fraction of sp³-hybridized carbons (Fsp3) is 0.536. The first-order valence-electron chi connectivity index (χ1n) is 12.4. The van der Waals surface area contributed by atoms with Gasteiger partial charge >= 0.3 is 0 Å². The summed E-state index contributed by atoms with van der Waals surface area (Å²) < 4.78 is 62.9. The lowest BCUT2D eigenvalue weighted by Gasteiger charge is -2.30. The van der Waals surface area contributed by atoms with Crippen molar-refractivity contribution in [2.75, 3.05) is 6.61 Å². The van der Waals surface area contributed by atoms with Crippen molar-refractivity contribution in [2.24, 2.45) is 23.7 Å². The molecule has 0 bridgehead atoms. The maximum atomic E-state index is 15.0. The molecule has 4 nitrogen and oxygen atoms in total. The minimum atomic E-state index is -4.08. The van der Waals surface area contributed by atoms with Gasteiger partial charge in [0.05, 0.1) is 22.4 Å². The van der Waals surface area contributed by atoms with Gasteiger partial charge in [0.25, 0.3) is 0 Å². The zero-order chi connectivity index (χ0) is 26.7. The van der Waals surface area contributed by atoms with Crippen LogP contribution in [0.25, 0.3) is 0 Å². The molecule has 5 atom stereocenters. The van der Waals surface area contributed by atoms with Crippen molar-refractivity contribution in [3.8, 4) is 0 Å². The third kappa shape index (κ3) is 6.93. The average molecular weight is 541 g/mol. The van der Waals surface area contributed by atoms with Crippen LogP contribution in [0.15, 0.2) is 47.4 Å². The molecule has 3 rings (SSSR count). The lowest BCUT2D eigenvalue weighted by molar-refractivity contribution is -0.118. The van der Waals surface area contributed by atoms with E-state index in [1.165, 1.54) is 24.3 Å². The smallest absolute Gasteiger partial charge is 0.185 e. The SMILES string of the molecule is CC1CCC(C(c2cc(F)ccc2F)S(=O)(=O)c2ccc(Cl)cc2)CCC1C(C=O)COC(C)(C)C. The van der Waals surface area contributed by atoms with E-state index in [-0.39, 0.29) is 40.4 Å². The minimum Gasteiger partial charge on any atom is -0.375 e. The van der Waals surface area contributed by atoms with Crippen molar-refractivity contribution < 1.29 is 26.7 Å². The highest BCUT2D eigenvalue weighted by Gasteiger charge is 2.41. The molecule has 2 aromatic rings. The Morgan fingerprint density at radius 2 is 1.69 bits per heavy atom. The number of hydrogen-bond acceptors (Lipinski definition) is 4. The minimum absolute atomic E-state index is 0.00564. The van der Waals surface area contributed by atoms with E-state index in [9.17, 15) is 17.6 Å². The van der Waals surface area contributed by atoms with E-state index in [0.29, 0.717) is 30.7 Å². The first-order valence-corrected chi connectivity index (χ1v) is 14.3. The van der Waals surface area contributed by atoms with E-state index < -0.39 is 32.6 Å². The molecular weight excluding hydrogens is 506 g/mol. The van der Waals surface area contributed by atoms with Crippen molar-refractivity contribution in [1.29, 1.82) is 0 Å². The van der Waals surface area contributed by atoms with E-state index in [1.54, 1.807) is 0 Å². The molecule has 2 aromatic carbocycles. The largest absolute Gasteiger partial charge is 0.375 e. The maximum absolute atomic E-state index is 15.0. The highest BCUT2D eigenvalue weighted by Crippen LogP contribution is 2.46. The second kappa shape index (κ2) is 11.7. The molecule has 1 fully saturated rings. The van der Waals surface area contributed by atoms with Gasteiger partial charge in [-0.3, -0.25) is 0 Å². The van der Waals surface area contributed by atoms with E-state index in [2.05, 4.69) is 6.92 Å². The highest BCUT2D eigenvalue weighted by molar-refractivity contribution is 7.91. The number of carbonyl (C=O) groups excluding carboxylic acids is 1. The van der Waals surface area contributed by atoms with Crippen LogP contribution in [0.5, 0.6) is 0 Å². The molecule has 0 radical (unpaired) electrons. The summed E-state index contributed by atoms with van der Waals surface area (Å²) in [6.07, 6.45) is 3.16. The topological polar surface area (TPSA) is 60.4 Å². The van der Waals surface area contributed by atoms with Crippen LogP contribution in [0.2, 0.25) is 5.02 Å². The van der Waals surface area contributed by atoms with Gasteiger partial charge in [0.2, 0.25) is 0 Å². The van der Waals surface area contributed by atoms with E-state index in [0.717, 1.165) is 24.5 Å². The standard InChI is InChI=1S/C28H35ClF2O4S/c1-18-5-6-19(7-13-24(18)20(16-32)17-35-28(2,3)4)27(25-15-22(30)10-14-26(25)31)36(33,34)23-11-8-21(29)9-12-23/h8-12,14-16,18-20,24,27H,5-7,13,17H2,1-4H3. The first kappa shape index (κ1) is 28.7. The maximum Gasteiger partial charge on any atom is 0.185 e. The first-order chi connectivity index (χ1) is 16.8. The Morgan fingerprint density at radius 3 is 2.31 bits per heavy atom. The van der Waals surface area contributed by atoms with Crippen molar-refractivity contribution >= 4 is 27.7 Å². The molecule has 5 unspecified atom stereocenters. The molecule has 1 saturated carbocycles. The van der Waals surface area contributed by atoms with Crippen LogP contribution in [-0.4, -0.2) is 26.9 Å². The number of ether oxygens (including phenoxy) is 1. The molecule has 198 valence electrons. The van der Waals surface area contributed by atoms with E-state index in [1.807, 2.05) is 20.8 Å². The Balaban J connectivity index is 1.97. The van der Waals surface area contributed by atoms with E-state index >= 15 is 4.39 Å². The Bertz CT molecular complexity index is 1150. The molecule has 1 aliphatic rings. The average Bonchev–Trinajstić information content (AvgIpc) is 2.98. The summed E-state index contributed by atoms with van der Waals surface area (Å²) in [5.74, 6) is -2.07. The Labute approximate surface area is 218 Å². The van der Waals surface area contributed by atoms with Crippen molar-refractivity contribution in [2.45, 2.75) is 69.1 Å².